The molecule has 1 atom stereocenters. The Morgan fingerprint density at radius 1 is 1.29 bits per heavy atom. The van der Waals surface area contributed by atoms with E-state index in [2.05, 4.69) is 0 Å². The van der Waals surface area contributed by atoms with Crippen LogP contribution in [0.25, 0.3) is 0 Å². The number of hydrazine groups is 2. The Labute approximate surface area is 123 Å². The van der Waals surface area contributed by atoms with Crippen molar-refractivity contribution < 1.29 is 19.1 Å². The lowest BCUT2D eigenvalue weighted by molar-refractivity contribution is -0.174. The van der Waals surface area contributed by atoms with Gasteiger partial charge in [-0.1, -0.05) is 0 Å². The van der Waals surface area contributed by atoms with Crippen molar-refractivity contribution in [3.8, 4) is 0 Å². The summed E-state index contributed by atoms with van der Waals surface area (Å²) in [5.74, 6) is 4.93. The third-order valence-corrected chi connectivity index (χ3v) is 3.38. The molecule has 0 aromatic rings. The summed E-state index contributed by atoms with van der Waals surface area (Å²) in [5.41, 5.74) is -0.652. The Bertz CT molecular complexity index is 460. The van der Waals surface area contributed by atoms with Gasteiger partial charge >= 0.3 is 12.0 Å². The summed E-state index contributed by atoms with van der Waals surface area (Å²) in [4.78, 5) is 36.7. The predicted octanol–water partition coefficient (Wildman–Crippen LogP) is 0.236. The number of hydrogen-bond donors (Lipinski definition) is 1. The van der Waals surface area contributed by atoms with Gasteiger partial charge in [-0.3, -0.25) is 9.80 Å². The summed E-state index contributed by atoms with van der Waals surface area (Å²) in [6.07, 6.45) is 1.25. The molecule has 0 saturated carbocycles. The van der Waals surface area contributed by atoms with Crippen molar-refractivity contribution in [2.24, 2.45) is 5.84 Å². The van der Waals surface area contributed by atoms with Gasteiger partial charge in [0.2, 0.25) is 5.91 Å². The number of hydrogen-bond acceptors (Lipinski definition) is 5. The fourth-order valence-corrected chi connectivity index (χ4v) is 2.47. The third-order valence-electron chi connectivity index (χ3n) is 3.38. The molecule has 2 heterocycles. The monoisotopic (exact) mass is 298 g/mol. The smallest absolute Gasteiger partial charge is 0.353 e. The minimum absolute atomic E-state index is 0.145. The zero-order chi connectivity index (χ0) is 15.8. The Hall–Kier alpha value is -1.83. The lowest BCUT2D eigenvalue weighted by Gasteiger charge is -2.42. The van der Waals surface area contributed by atoms with Gasteiger partial charge in [-0.15, -0.1) is 0 Å². The number of rotatable bonds is 1. The lowest BCUT2D eigenvalue weighted by atomic mass is 10.1. The number of urea groups is 1. The van der Waals surface area contributed by atoms with Crippen LogP contribution in [-0.4, -0.2) is 57.7 Å². The molecule has 0 spiro atoms. The van der Waals surface area contributed by atoms with Crippen LogP contribution in [0.3, 0.4) is 0 Å². The van der Waals surface area contributed by atoms with E-state index in [1.807, 2.05) is 0 Å². The van der Waals surface area contributed by atoms with Gasteiger partial charge in [0.25, 0.3) is 0 Å². The predicted molar refractivity (Wildman–Crippen MR) is 73.3 cm³/mol. The van der Waals surface area contributed by atoms with Crippen molar-refractivity contribution >= 4 is 17.9 Å². The molecule has 0 radical (unpaired) electrons. The van der Waals surface area contributed by atoms with Crippen molar-refractivity contribution in [1.82, 2.24) is 15.0 Å². The summed E-state index contributed by atoms with van der Waals surface area (Å²) < 4.78 is 5.36. The van der Waals surface area contributed by atoms with E-state index in [0.29, 0.717) is 19.4 Å². The molecule has 118 valence electrons. The molecule has 2 rings (SSSR count). The first-order valence-corrected chi connectivity index (χ1v) is 7.09. The first kappa shape index (κ1) is 15.6. The molecule has 8 nitrogen and oxygen atoms in total. The van der Waals surface area contributed by atoms with E-state index in [1.165, 1.54) is 5.01 Å². The van der Waals surface area contributed by atoms with Gasteiger partial charge in [-0.05, 0) is 33.6 Å². The minimum Gasteiger partial charge on any atom is -0.458 e. The SMILES string of the molecule is CC(C)(C)OC(=O)[C@@H]1CCCN2C(=O)CCN(N)C(=O)N12. The van der Waals surface area contributed by atoms with Gasteiger partial charge in [-0.25, -0.2) is 25.4 Å². The number of fused-ring (bicyclic) bond motifs is 1. The van der Waals surface area contributed by atoms with Crippen molar-refractivity contribution in [2.45, 2.75) is 51.7 Å². The molecule has 2 aliphatic heterocycles. The second kappa shape index (κ2) is 5.51. The molecule has 21 heavy (non-hydrogen) atoms. The number of nitrogens with two attached hydrogens (primary N) is 1. The molecule has 0 bridgehead atoms. The first-order valence-electron chi connectivity index (χ1n) is 7.09. The van der Waals surface area contributed by atoms with Gasteiger partial charge in [0.1, 0.15) is 5.60 Å². The van der Waals surface area contributed by atoms with Gasteiger partial charge in [0.05, 0.1) is 0 Å². The molecule has 3 amide bonds. The van der Waals surface area contributed by atoms with Gasteiger partial charge in [0, 0.05) is 19.5 Å². The van der Waals surface area contributed by atoms with Crippen molar-refractivity contribution in [3.63, 3.8) is 0 Å². The molecule has 2 fully saturated rings. The molecule has 2 aliphatic rings. The standard InChI is InChI=1S/C13H22N4O4/c1-13(2,3)21-11(19)9-5-4-7-16-10(18)6-8-15(14)12(20)17(9)16/h9H,4-8,14H2,1-3H3/t9-/m0/s1. The lowest BCUT2D eigenvalue weighted by Crippen LogP contribution is -2.62. The zero-order valence-corrected chi connectivity index (χ0v) is 12.7. The van der Waals surface area contributed by atoms with Crippen molar-refractivity contribution in [3.05, 3.63) is 0 Å². The van der Waals surface area contributed by atoms with Crippen LogP contribution in [-0.2, 0) is 14.3 Å². The third kappa shape index (κ3) is 3.26. The van der Waals surface area contributed by atoms with Crippen LogP contribution in [0.15, 0.2) is 0 Å². The molecule has 0 aromatic heterocycles. The van der Waals surface area contributed by atoms with Crippen LogP contribution < -0.4 is 5.84 Å². The van der Waals surface area contributed by atoms with Crippen LogP contribution in [0.5, 0.6) is 0 Å². The highest BCUT2D eigenvalue weighted by atomic mass is 16.6. The molecule has 8 heteroatoms. The van der Waals surface area contributed by atoms with E-state index in [1.54, 1.807) is 20.8 Å². The molecule has 0 unspecified atom stereocenters. The van der Waals surface area contributed by atoms with Crippen molar-refractivity contribution in [1.29, 1.82) is 0 Å². The quantitative estimate of drug-likeness (QED) is 0.425. The summed E-state index contributed by atoms with van der Waals surface area (Å²) in [6.45, 7) is 5.84. The van der Waals surface area contributed by atoms with Crippen molar-refractivity contribution in [2.75, 3.05) is 13.1 Å². The molecule has 0 aliphatic carbocycles. The van der Waals surface area contributed by atoms with E-state index >= 15 is 0 Å². The fourth-order valence-electron chi connectivity index (χ4n) is 2.47. The maximum absolute atomic E-state index is 12.3. The van der Waals surface area contributed by atoms with Gasteiger partial charge < -0.3 is 4.74 Å². The highest BCUT2D eigenvalue weighted by Gasteiger charge is 2.44. The average Bonchev–Trinajstić information content (AvgIpc) is 2.50. The normalized spacial score (nSPS) is 23.8. The largest absolute Gasteiger partial charge is 0.458 e. The number of nitrogens with zero attached hydrogens (tertiary/aromatic N) is 3. The Morgan fingerprint density at radius 2 is 1.95 bits per heavy atom. The van der Waals surface area contributed by atoms with E-state index in [0.717, 1.165) is 10.0 Å². The Balaban J connectivity index is 2.27. The average molecular weight is 298 g/mol. The second-order valence-corrected chi connectivity index (χ2v) is 6.28. The van der Waals surface area contributed by atoms with E-state index < -0.39 is 23.6 Å². The summed E-state index contributed by atoms with van der Waals surface area (Å²) in [7, 11) is 0. The Morgan fingerprint density at radius 3 is 2.57 bits per heavy atom. The topological polar surface area (TPSA) is 96.2 Å². The molecular weight excluding hydrogens is 276 g/mol. The van der Waals surface area contributed by atoms with Crippen LogP contribution in [0.1, 0.15) is 40.0 Å². The van der Waals surface area contributed by atoms with E-state index in [-0.39, 0.29) is 18.9 Å². The Kier molecular flexibility index (Phi) is 4.08. The van der Waals surface area contributed by atoms with E-state index in [9.17, 15) is 14.4 Å². The van der Waals surface area contributed by atoms with Crippen LogP contribution in [0.2, 0.25) is 0 Å². The number of carbonyl (C=O) groups excluding carboxylic acids is 3. The van der Waals surface area contributed by atoms with Crippen LogP contribution >= 0.6 is 0 Å². The molecular formula is C13H22N4O4. The number of amides is 3. The minimum atomic E-state index is -0.807. The molecule has 0 aromatic carbocycles. The number of carbonyl (C=O) groups is 3. The maximum atomic E-state index is 12.3. The number of esters is 1. The maximum Gasteiger partial charge on any atom is 0.353 e. The summed E-state index contributed by atoms with van der Waals surface area (Å²) in [6, 6.07) is -1.35. The van der Waals surface area contributed by atoms with E-state index in [4.69, 9.17) is 10.6 Å². The zero-order valence-electron chi connectivity index (χ0n) is 12.7. The van der Waals surface area contributed by atoms with Gasteiger partial charge in [0.15, 0.2) is 6.04 Å². The van der Waals surface area contributed by atoms with Crippen LogP contribution in [0.4, 0.5) is 4.79 Å². The highest BCUT2D eigenvalue weighted by molar-refractivity contribution is 5.88. The second-order valence-electron chi connectivity index (χ2n) is 6.28. The molecule has 2 N–H and O–H groups in total. The summed E-state index contributed by atoms with van der Waals surface area (Å²) >= 11 is 0. The van der Waals surface area contributed by atoms with Gasteiger partial charge in [-0.2, -0.15) is 0 Å². The number of ether oxygens (including phenoxy) is 1. The summed E-state index contributed by atoms with van der Waals surface area (Å²) in [5, 5.41) is 3.46. The molecule has 2 saturated heterocycles. The van der Waals surface area contributed by atoms with Crippen LogP contribution in [0, 0.1) is 0 Å². The fraction of sp³-hybridized carbons (Fsp3) is 0.769. The highest BCUT2D eigenvalue weighted by Crippen LogP contribution is 2.25. The first-order chi connectivity index (χ1) is 9.70.